The van der Waals surface area contributed by atoms with Crippen LogP contribution in [0.2, 0.25) is 0 Å². The Labute approximate surface area is 75.4 Å². The number of hydrogen-bond donors (Lipinski definition) is 1. The molecule has 1 aliphatic heterocycles. The Kier molecular flexibility index (Phi) is 3.99. The molecule has 1 unspecified atom stereocenters. The van der Waals surface area contributed by atoms with Crippen molar-refractivity contribution < 1.29 is 17.9 Å². The molecular formula is C8H14F3NO. The van der Waals surface area contributed by atoms with Gasteiger partial charge in [0.1, 0.15) is 0 Å². The number of ether oxygens (including phenoxy) is 1. The molecule has 0 aromatic carbocycles. The molecule has 0 amide bonds. The van der Waals surface area contributed by atoms with Crippen molar-refractivity contribution in [3.63, 3.8) is 0 Å². The van der Waals surface area contributed by atoms with Gasteiger partial charge in [-0.15, -0.1) is 0 Å². The first-order valence-electron chi connectivity index (χ1n) is 4.46. The van der Waals surface area contributed by atoms with Crippen molar-refractivity contribution in [2.75, 3.05) is 19.8 Å². The first-order valence-corrected chi connectivity index (χ1v) is 4.46. The molecule has 1 N–H and O–H groups in total. The van der Waals surface area contributed by atoms with Gasteiger partial charge in [0.2, 0.25) is 0 Å². The quantitative estimate of drug-likeness (QED) is 0.727. The summed E-state index contributed by atoms with van der Waals surface area (Å²) in [4.78, 5) is 0. The van der Waals surface area contributed by atoms with Crippen LogP contribution in [-0.2, 0) is 4.74 Å². The normalized spacial score (nSPS) is 25.6. The van der Waals surface area contributed by atoms with Crippen LogP contribution >= 0.6 is 0 Å². The van der Waals surface area contributed by atoms with Crippen LogP contribution in [0.5, 0.6) is 0 Å². The first kappa shape index (κ1) is 10.8. The van der Waals surface area contributed by atoms with Crippen LogP contribution in [0.25, 0.3) is 0 Å². The Morgan fingerprint density at radius 1 is 1.23 bits per heavy atom. The second kappa shape index (κ2) is 4.81. The largest absolute Gasteiger partial charge is 0.401 e. The SMILES string of the molecule is FC(F)(F)CNC1CCCOCC1. The third-order valence-electron chi connectivity index (χ3n) is 2.04. The molecule has 1 saturated heterocycles. The summed E-state index contributed by atoms with van der Waals surface area (Å²) in [6.45, 7) is 0.345. The van der Waals surface area contributed by atoms with E-state index < -0.39 is 12.7 Å². The van der Waals surface area contributed by atoms with E-state index in [1.807, 2.05) is 0 Å². The maximum Gasteiger partial charge on any atom is 0.401 e. The summed E-state index contributed by atoms with van der Waals surface area (Å²) in [5.41, 5.74) is 0. The van der Waals surface area contributed by atoms with Crippen LogP contribution in [0.1, 0.15) is 19.3 Å². The fourth-order valence-corrected chi connectivity index (χ4v) is 1.37. The van der Waals surface area contributed by atoms with E-state index in [9.17, 15) is 13.2 Å². The molecule has 0 radical (unpaired) electrons. The van der Waals surface area contributed by atoms with Crippen molar-refractivity contribution in [2.24, 2.45) is 0 Å². The molecule has 1 rings (SSSR count). The number of alkyl halides is 3. The van der Waals surface area contributed by atoms with Crippen molar-refractivity contribution in [3.8, 4) is 0 Å². The lowest BCUT2D eigenvalue weighted by molar-refractivity contribution is -0.126. The molecule has 78 valence electrons. The van der Waals surface area contributed by atoms with Crippen molar-refractivity contribution >= 4 is 0 Å². The highest BCUT2D eigenvalue weighted by atomic mass is 19.4. The minimum Gasteiger partial charge on any atom is -0.381 e. The zero-order chi connectivity index (χ0) is 9.73. The minimum atomic E-state index is -4.10. The summed E-state index contributed by atoms with van der Waals surface area (Å²) in [6.07, 6.45) is -1.81. The highest BCUT2D eigenvalue weighted by Gasteiger charge is 2.28. The Balaban J connectivity index is 2.19. The average molecular weight is 197 g/mol. The molecule has 1 heterocycles. The van der Waals surface area contributed by atoms with E-state index in [-0.39, 0.29) is 6.04 Å². The molecule has 1 fully saturated rings. The van der Waals surface area contributed by atoms with Crippen LogP contribution in [-0.4, -0.2) is 32.0 Å². The summed E-state index contributed by atoms with van der Waals surface area (Å²) in [5, 5.41) is 2.50. The standard InChI is InChI=1S/C8H14F3NO/c9-8(10,11)6-12-7-2-1-4-13-5-3-7/h7,12H,1-6H2. The third kappa shape index (κ3) is 5.10. The van der Waals surface area contributed by atoms with Gasteiger partial charge in [0.15, 0.2) is 0 Å². The molecule has 13 heavy (non-hydrogen) atoms. The molecule has 0 spiro atoms. The maximum atomic E-state index is 11.8. The fourth-order valence-electron chi connectivity index (χ4n) is 1.37. The Hall–Kier alpha value is -0.290. The Bertz CT molecular complexity index is 141. The molecule has 2 nitrogen and oxygen atoms in total. The van der Waals surface area contributed by atoms with Gasteiger partial charge in [-0.05, 0) is 19.3 Å². The van der Waals surface area contributed by atoms with Crippen molar-refractivity contribution in [1.82, 2.24) is 5.32 Å². The predicted octanol–water partition coefficient (Wildman–Crippen LogP) is 1.71. The molecule has 1 atom stereocenters. The molecule has 5 heteroatoms. The lowest BCUT2D eigenvalue weighted by atomic mass is 10.1. The Morgan fingerprint density at radius 3 is 2.69 bits per heavy atom. The summed E-state index contributed by atoms with van der Waals surface area (Å²) < 4.78 is 40.6. The fraction of sp³-hybridized carbons (Fsp3) is 1.00. The van der Waals surface area contributed by atoms with Crippen LogP contribution in [0, 0.1) is 0 Å². The number of nitrogens with one attached hydrogen (secondary N) is 1. The van der Waals surface area contributed by atoms with Gasteiger partial charge >= 0.3 is 6.18 Å². The van der Waals surface area contributed by atoms with E-state index in [1.54, 1.807) is 0 Å². The van der Waals surface area contributed by atoms with E-state index in [0.717, 1.165) is 12.8 Å². The maximum absolute atomic E-state index is 11.8. The van der Waals surface area contributed by atoms with Crippen LogP contribution in [0.3, 0.4) is 0 Å². The Morgan fingerprint density at radius 2 is 2.00 bits per heavy atom. The molecule has 0 aliphatic carbocycles. The van der Waals surface area contributed by atoms with Crippen molar-refractivity contribution in [3.05, 3.63) is 0 Å². The van der Waals surface area contributed by atoms with Gasteiger partial charge in [0.05, 0.1) is 6.54 Å². The van der Waals surface area contributed by atoms with E-state index in [1.165, 1.54) is 0 Å². The average Bonchev–Trinajstić information content (AvgIpc) is 2.26. The highest BCUT2D eigenvalue weighted by Crippen LogP contribution is 2.14. The molecule has 0 bridgehead atoms. The molecular weight excluding hydrogens is 183 g/mol. The second-order valence-corrected chi connectivity index (χ2v) is 3.24. The summed E-state index contributed by atoms with van der Waals surface area (Å²) in [7, 11) is 0. The van der Waals surface area contributed by atoms with E-state index >= 15 is 0 Å². The first-order chi connectivity index (χ1) is 6.08. The van der Waals surface area contributed by atoms with Crippen molar-refractivity contribution in [2.45, 2.75) is 31.5 Å². The number of hydrogen-bond acceptors (Lipinski definition) is 2. The summed E-state index contributed by atoms with van der Waals surface area (Å²) in [5.74, 6) is 0. The molecule has 0 aromatic rings. The number of halogens is 3. The smallest absolute Gasteiger partial charge is 0.381 e. The highest BCUT2D eigenvalue weighted by molar-refractivity contribution is 4.70. The van der Waals surface area contributed by atoms with Crippen LogP contribution < -0.4 is 5.32 Å². The van der Waals surface area contributed by atoms with Gasteiger partial charge in [0.25, 0.3) is 0 Å². The van der Waals surface area contributed by atoms with Crippen LogP contribution in [0.15, 0.2) is 0 Å². The predicted molar refractivity (Wildman–Crippen MR) is 42.5 cm³/mol. The van der Waals surface area contributed by atoms with Gasteiger partial charge in [-0.2, -0.15) is 13.2 Å². The minimum absolute atomic E-state index is 0.0378. The zero-order valence-electron chi connectivity index (χ0n) is 7.36. The van der Waals surface area contributed by atoms with Gasteiger partial charge in [-0.25, -0.2) is 0 Å². The van der Waals surface area contributed by atoms with Crippen LogP contribution in [0.4, 0.5) is 13.2 Å². The van der Waals surface area contributed by atoms with Gasteiger partial charge in [0, 0.05) is 19.3 Å². The monoisotopic (exact) mass is 197 g/mol. The molecule has 0 aromatic heterocycles. The van der Waals surface area contributed by atoms with Gasteiger partial charge < -0.3 is 10.1 Å². The lowest BCUT2D eigenvalue weighted by Gasteiger charge is -2.16. The number of rotatable bonds is 2. The third-order valence-corrected chi connectivity index (χ3v) is 2.04. The van der Waals surface area contributed by atoms with Gasteiger partial charge in [-0.1, -0.05) is 0 Å². The van der Waals surface area contributed by atoms with E-state index in [0.29, 0.717) is 19.6 Å². The second-order valence-electron chi connectivity index (χ2n) is 3.24. The zero-order valence-corrected chi connectivity index (χ0v) is 7.36. The van der Waals surface area contributed by atoms with Crippen molar-refractivity contribution in [1.29, 1.82) is 0 Å². The lowest BCUT2D eigenvalue weighted by Crippen LogP contribution is -2.37. The van der Waals surface area contributed by atoms with E-state index in [4.69, 9.17) is 4.74 Å². The molecule has 1 aliphatic rings. The topological polar surface area (TPSA) is 21.3 Å². The van der Waals surface area contributed by atoms with E-state index in [2.05, 4.69) is 5.32 Å². The molecule has 0 saturated carbocycles. The van der Waals surface area contributed by atoms with Gasteiger partial charge in [-0.3, -0.25) is 0 Å². The summed E-state index contributed by atoms with van der Waals surface area (Å²) in [6, 6.07) is -0.0378. The summed E-state index contributed by atoms with van der Waals surface area (Å²) >= 11 is 0.